The maximum atomic E-state index is 12.9. The van der Waals surface area contributed by atoms with Gasteiger partial charge in [-0.05, 0) is 30.7 Å². The van der Waals surface area contributed by atoms with E-state index in [2.05, 4.69) is 0 Å². The van der Waals surface area contributed by atoms with Gasteiger partial charge in [-0.3, -0.25) is 19.3 Å². The largest absolute Gasteiger partial charge is 0.508 e. The van der Waals surface area contributed by atoms with Crippen molar-refractivity contribution in [2.45, 2.75) is 26.3 Å². The predicted octanol–water partition coefficient (Wildman–Crippen LogP) is 1.94. The molecule has 142 valence electrons. The Bertz CT molecular complexity index is 788. The Kier molecular flexibility index (Phi) is 4.50. The first kappa shape index (κ1) is 17.8. The Morgan fingerprint density at radius 3 is 2.37 bits per heavy atom. The molecule has 1 saturated carbocycles. The van der Waals surface area contributed by atoms with E-state index in [1.807, 2.05) is 19.1 Å². The molecule has 4 rings (SSSR count). The third kappa shape index (κ3) is 2.93. The first-order chi connectivity index (χ1) is 13.0. The SMILES string of the molecule is CCCN(Cc1ccccc1O)C(=O)CN1C(=O)[C@@H]2[C@H](C1=O)[C@H]1C=C[C@H]2C1. The molecule has 3 amide bonds. The zero-order valence-corrected chi connectivity index (χ0v) is 15.4. The van der Waals surface area contributed by atoms with E-state index in [0.29, 0.717) is 12.1 Å². The fourth-order valence-corrected chi connectivity index (χ4v) is 4.77. The van der Waals surface area contributed by atoms with Gasteiger partial charge in [0.25, 0.3) is 0 Å². The number of phenolic OH excluding ortho intramolecular Hbond substituents is 1. The van der Waals surface area contributed by atoms with E-state index in [1.165, 1.54) is 0 Å². The van der Waals surface area contributed by atoms with Crippen molar-refractivity contribution in [1.82, 2.24) is 9.80 Å². The number of rotatable bonds is 6. The number of nitrogens with zero attached hydrogens (tertiary/aromatic N) is 2. The first-order valence-corrected chi connectivity index (χ1v) is 9.59. The van der Waals surface area contributed by atoms with E-state index in [-0.39, 0.29) is 60.2 Å². The number of hydrogen-bond acceptors (Lipinski definition) is 4. The van der Waals surface area contributed by atoms with E-state index in [4.69, 9.17) is 0 Å². The normalized spacial score (nSPS) is 28.1. The minimum atomic E-state index is -0.280. The Hall–Kier alpha value is -2.63. The number of carbonyl (C=O) groups excluding carboxylic acids is 3. The lowest BCUT2D eigenvalue weighted by Crippen LogP contribution is -2.43. The maximum Gasteiger partial charge on any atom is 0.243 e. The zero-order valence-electron chi connectivity index (χ0n) is 15.4. The molecule has 27 heavy (non-hydrogen) atoms. The number of imide groups is 1. The standard InChI is InChI=1S/C21H24N2O4/c1-2-9-22(11-15-5-3-4-6-16(15)24)17(25)12-23-20(26)18-13-7-8-14(10-13)19(18)21(23)27/h3-8,13-14,18-19,24H,2,9-12H2,1H3/t13-,14-,18-,19+/m0/s1. The van der Waals surface area contributed by atoms with Crippen LogP contribution in [0.3, 0.4) is 0 Å². The highest BCUT2D eigenvalue weighted by molar-refractivity contribution is 6.08. The van der Waals surface area contributed by atoms with Crippen molar-refractivity contribution in [3.05, 3.63) is 42.0 Å². The molecule has 0 unspecified atom stereocenters. The lowest BCUT2D eigenvalue weighted by atomic mass is 9.85. The molecule has 6 heteroatoms. The summed E-state index contributed by atoms with van der Waals surface area (Å²) in [6.45, 7) is 2.51. The smallest absolute Gasteiger partial charge is 0.243 e. The Morgan fingerprint density at radius 2 is 1.78 bits per heavy atom. The van der Waals surface area contributed by atoms with Crippen LogP contribution in [0.4, 0.5) is 0 Å². The molecule has 0 aromatic heterocycles. The second-order valence-corrected chi connectivity index (χ2v) is 7.71. The maximum absolute atomic E-state index is 12.9. The number of amides is 3. The third-order valence-corrected chi connectivity index (χ3v) is 6.05. The number of likely N-dealkylation sites (tertiary alicyclic amines) is 1. The van der Waals surface area contributed by atoms with Crippen LogP contribution in [0, 0.1) is 23.7 Å². The second kappa shape index (κ2) is 6.83. The Balaban J connectivity index is 1.48. The number of allylic oxidation sites excluding steroid dienone is 2. The van der Waals surface area contributed by atoms with Crippen molar-refractivity contribution >= 4 is 17.7 Å². The number of benzene rings is 1. The number of para-hydroxylation sites is 1. The molecule has 1 saturated heterocycles. The van der Waals surface area contributed by atoms with Crippen molar-refractivity contribution in [3.63, 3.8) is 0 Å². The van der Waals surface area contributed by atoms with E-state index < -0.39 is 0 Å². The number of hydrogen-bond donors (Lipinski definition) is 1. The molecule has 1 aliphatic heterocycles. The summed E-state index contributed by atoms with van der Waals surface area (Å²) in [5, 5.41) is 9.99. The summed E-state index contributed by atoms with van der Waals surface area (Å²) in [5.74, 6) is -0.798. The van der Waals surface area contributed by atoms with Crippen LogP contribution in [-0.2, 0) is 20.9 Å². The van der Waals surface area contributed by atoms with Crippen LogP contribution in [0.1, 0.15) is 25.3 Å². The molecular formula is C21H24N2O4. The van der Waals surface area contributed by atoms with Gasteiger partial charge >= 0.3 is 0 Å². The molecule has 2 aliphatic carbocycles. The van der Waals surface area contributed by atoms with E-state index in [0.717, 1.165) is 17.7 Å². The average Bonchev–Trinajstić information content (AvgIpc) is 3.33. The van der Waals surface area contributed by atoms with Gasteiger partial charge in [0.1, 0.15) is 12.3 Å². The molecule has 0 spiro atoms. The minimum absolute atomic E-state index is 0.136. The van der Waals surface area contributed by atoms with Crippen LogP contribution in [0.5, 0.6) is 5.75 Å². The average molecular weight is 368 g/mol. The molecule has 0 radical (unpaired) electrons. The summed E-state index contributed by atoms with van der Waals surface area (Å²) in [6.07, 6.45) is 5.72. The van der Waals surface area contributed by atoms with Crippen molar-refractivity contribution in [2.24, 2.45) is 23.7 Å². The van der Waals surface area contributed by atoms with Gasteiger partial charge in [-0.2, -0.15) is 0 Å². The number of fused-ring (bicyclic) bond motifs is 5. The molecule has 2 fully saturated rings. The van der Waals surface area contributed by atoms with Crippen LogP contribution < -0.4 is 0 Å². The molecule has 1 N–H and O–H groups in total. The van der Waals surface area contributed by atoms with Gasteiger partial charge in [-0.15, -0.1) is 0 Å². The van der Waals surface area contributed by atoms with Crippen LogP contribution in [0.2, 0.25) is 0 Å². The number of aromatic hydroxyl groups is 1. The van der Waals surface area contributed by atoms with Gasteiger partial charge in [0.2, 0.25) is 17.7 Å². The Labute approximate surface area is 158 Å². The summed E-state index contributed by atoms with van der Waals surface area (Å²) in [7, 11) is 0. The summed E-state index contributed by atoms with van der Waals surface area (Å²) in [4.78, 5) is 41.2. The lowest BCUT2D eigenvalue weighted by molar-refractivity contribution is -0.147. The molecule has 1 aromatic carbocycles. The molecular weight excluding hydrogens is 344 g/mol. The van der Waals surface area contributed by atoms with Crippen molar-refractivity contribution in [2.75, 3.05) is 13.1 Å². The second-order valence-electron chi connectivity index (χ2n) is 7.71. The lowest BCUT2D eigenvalue weighted by Gasteiger charge is -2.25. The molecule has 1 heterocycles. The number of phenols is 1. The minimum Gasteiger partial charge on any atom is -0.508 e. The highest BCUT2D eigenvalue weighted by atomic mass is 16.3. The summed E-state index contributed by atoms with van der Waals surface area (Å²) in [5.41, 5.74) is 0.650. The molecule has 3 aliphatic rings. The van der Waals surface area contributed by atoms with Crippen LogP contribution in [-0.4, -0.2) is 45.7 Å². The molecule has 4 atom stereocenters. The van der Waals surface area contributed by atoms with Crippen molar-refractivity contribution < 1.29 is 19.5 Å². The van der Waals surface area contributed by atoms with Gasteiger partial charge in [0, 0.05) is 18.7 Å². The number of carbonyl (C=O) groups is 3. The molecule has 2 bridgehead atoms. The first-order valence-electron chi connectivity index (χ1n) is 9.59. The highest BCUT2D eigenvalue weighted by Gasteiger charge is 2.59. The van der Waals surface area contributed by atoms with Crippen LogP contribution in [0.15, 0.2) is 36.4 Å². The quantitative estimate of drug-likeness (QED) is 0.615. The van der Waals surface area contributed by atoms with Crippen molar-refractivity contribution in [1.29, 1.82) is 0 Å². The summed E-state index contributed by atoms with van der Waals surface area (Å²) in [6, 6.07) is 6.89. The fraction of sp³-hybridized carbons (Fsp3) is 0.476. The van der Waals surface area contributed by atoms with E-state index in [1.54, 1.807) is 29.2 Å². The molecule has 1 aromatic rings. The topological polar surface area (TPSA) is 77.9 Å². The highest BCUT2D eigenvalue weighted by Crippen LogP contribution is 2.52. The van der Waals surface area contributed by atoms with E-state index >= 15 is 0 Å². The third-order valence-electron chi connectivity index (χ3n) is 6.05. The fourth-order valence-electron chi connectivity index (χ4n) is 4.77. The van der Waals surface area contributed by atoms with Crippen molar-refractivity contribution in [3.8, 4) is 5.75 Å². The van der Waals surface area contributed by atoms with Gasteiger partial charge in [0.05, 0.1) is 11.8 Å². The monoisotopic (exact) mass is 368 g/mol. The summed E-state index contributed by atoms with van der Waals surface area (Å²) >= 11 is 0. The van der Waals surface area contributed by atoms with Gasteiger partial charge in [-0.25, -0.2) is 0 Å². The van der Waals surface area contributed by atoms with Crippen LogP contribution in [0.25, 0.3) is 0 Å². The van der Waals surface area contributed by atoms with Gasteiger partial charge in [0.15, 0.2) is 0 Å². The molecule has 6 nitrogen and oxygen atoms in total. The zero-order chi connectivity index (χ0) is 19.1. The summed E-state index contributed by atoms with van der Waals surface area (Å²) < 4.78 is 0. The Morgan fingerprint density at radius 1 is 1.15 bits per heavy atom. The van der Waals surface area contributed by atoms with Crippen LogP contribution >= 0.6 is 0 Å². The predicted molar refractivity (Wildman–Crippen MR) is 98.3 cm³/mol. The van der Waals surface area contributed by atoms with E-state index in [9.17, 15) is 19.5 Å². The van der Waals surface area contributed by atoms with Gasteiger partial charge in [-0.1, -0.05) is 37.3 Å². The van der Waals surface area contributed by atoms with Gasteiger partial charge < -0.3 is 10.0 Å².